The molecule has 138 valence electrons. The molecule has 0 radical (unpaired) electrons. The molecule has 0 aromatic heterocycles. The summed E-state index contributed by atoms with van der Waals surface area (Å²) in [5, 5.41) is 2.97. The summed E-state index contributed by atoms with van der Waals surface area (Å²) < 4.78 is 26.8. The summed E-state index contributed by atoms with van der Waals surface area (Å²) >= 11 is 0. The molecular formula is C18H27N3O3S. The van der Waals surface area contributed by atoms with E-state index in [9.17, 15) is 13.2 Å². The van der Waals surface area contributed by atoms with Gasteiger partial charge in [0.05, 0.1) is 4.90 Å². The van der Waals surface area contributed by atoms with Crippen molar-refractivity contribution in [2.24, 2.45) is 0 Å². The van der Waals surface area contributed by atoms with Crippen molar-refractivity contribution in [2.75, 3.05) is 27.2 Å². The van der Waals surface area contributed by atoms with Gasteiger partial charge in [-0.3, -0.25) is 4.79 Å². The van der Waals surface area contributed by atoms with Gasteiger partial charge < -0.3 is 10.2 Å². The molecule has 1 saturated carbocycles. The minimum absolute atomic E-state index is 0.00906. The fraction of sp³-hybridized carbons (Fsp3) is 0.500. The zero-order valence-corrected chi connectivity index (χ0v) is 15.7. The van der Waals surface area contributed by atoms with Crippen LogP contribution >= 0.6 is 0 Å². The van der Waals surface area contributed by atoms with Crippen LogP contribution in [0.5, 0.6) is 0 Å². The molecule has 2 N–H and O–H groups in total. The lowest BCUT2D eigenvalue weighted by Crippen LogP contribution is -2.50. The van der Waals surface area contributed by atoms with Crippen molar-refractivity contribution in [1.29, 1.82) is 0 Å². The number of sulfonamides is 1. The number of carbonyl (C=O) groups is 1. The molecule has 0 aliphatic heterocycles. The van der Waals surface area contributed by atoms with Crippen LogP contribution in [0.3, 0.4) is 0 Å². The summed E-state index contributed by atoms with van der Waals surface area (Å²) in [7, 11) is 0.431. The molecule has 1 amide bonds. The Balaban J connectivity index is 2.10. The van der Waals surface area contributed by atoms with Crippen LogP contribution in [0.2, 0.25) is 0 Å². The number of likely N-dealkylation sites (N-methyl/N-ethyl adjacent to an activating group) is 1. The first-order valence-electron chi connectivity index (χ1n) is 8.47. The van der Waals surface area contributed by atoms with Gasteiger partial charge in [-0.2, -0.15) is 0 Å². The van der Waals surface area contributed by atoms with Gasteiger partial charge in [-0.1, -0.05) is 25.0 Å². The Labute approximate surface area is 150 Å². The van der Waals surface area contributed by atoms with E-state index in [-0.39, 0.29) is 22.9 Å². The van der Waals surface area contributed by atoms with E-state index in [1.54, 1.807) is 12.1 Å². The third kappa shape index (κ3) is 4.68. The molecular weight excluding hydrogens is 338 g/mol. The Morgan fingerprint density at radius 1 is 1.32 bits per heavy atom. The maximum Gasteiger partial charge on any atom is 0.251 e. The molecule has 1 aliphatic carbocycles. The average Bonchev–Trinajstić information content (AvgIpc) is 3.08. The molecule has 1 fully saturated rings. The highest BCUT2D eigenvalue weighted by Gasteiger charge is 2.36. The van der Waals surface area contributed by atoms with Gasteiger partial charge in [0, 0.05) is 24.2 Å². The Morgan fingerprint density at radius 2 is 2.00 bits per heavy atom. The summed E-state index contributed by atoms with van der Waals surface area (Å²) in [6, 6.07) is 6.08. The van der Waals surface area contributed by atoms with E-state index in [0.29, 0.717) is 12.1 Å². The Bertz CT molecular complexity index is 723. The van der Waals surface area contributed by atoms with E-state index in [0.717, 1.165) is 25.7 Å². The molecule has 0 spiro atoms. The summed E-state index contributed by atoms with van der Waals surface area (Å²) in [6.45, 7) is 4.19. The molecule has 0 bridgehead atoms. The summed E-state index contributed by atoms with van der Waals surface area (Å²) in [5.41, 5.74) is 0.332. The molecule has 0 heterocycles. The van der Waals surface area contributed by atoms with Crippen LogP contribution in [-0.4, -0.2) is 51.9 Å². The lowest BCUT2D eigenvalue weighted by molar-refractivity contribution is 0.0900. The van der Waals surface area contributed by atoms with Gasteiger partial charge in [0.25, 0.3) is 5.91 Å². The molecule has 7 heteroatoms. The largest absolute Gasteiger partial charge is 0.350 e. The van der Waals surface area contributed by atoms with Gasteiger partial charge in [0.1, 0.15) is 0 Å². The Hall–Kier alpha value is -1.70. The second-order valence-corrected chi connectivity index (χ2v) is 8.44. The first kappa shape index (κ1) is 19.6. The normalized spacial score (nSPS) is 16.8. The minimum Gasteiger partial charge on any atom is -0.350 e. The third-order valence-electron chi connectivity index (χ3n) is 4.89. The van der Waals surface area contributed by atoms with E-state index in [1.165, 1.54) is 18.2 Å². The van der Waals surface area contributed by atoms with Crippen LogP contribution in [0.15, 0.2) is 41.8 Å². The quantitative estimate of drug-likeness (QED) is 0.688. The number of hydrogen-bond donors (Lipinski definition) is 2. The lowest BCUT2D eigenvalue weighted by atomic mass is 9.96. The van der Waals surface area contributed by atoms with Crippen LogP contribution < -0.4 is 10.0 Å². The zero-order chi connectivity index (χ0) is 18.5. The van der Waals surface area contributed by atoms with Crippen LogP contribution in [0.1, 0.15) is 36.0 Å². The molecule has 6 nitrogen and oxygen atoms in total. The number of nitrogens with zero attached hydrogens (tertiary/aromatic N) is 1. The predicted molar refractivity (Wildman–Crippen MR) is 99.0 cm³/mol. The standard InChI is InChI=1S/C18H27N3O3S/c1-4-12-20-25(23,24)16-9-7-8-15(13-16)17(22)19-14-18(21(2)3)10-5-6-11-18/h4,7-9,13,20H,1,5-6,10-12,14H2,2-3H3,(H,19,22). The number of amides is 1. The molecule has 0 saturated heterocycles. The number of benzene rings is 1. The second kappa shape index (κ2) is 8.12. The minimum atomic E-state index is -3.64. The lowest BCUT2D eigenvalue weighted by Gasteiger charge is -2.36. The number of rotatable bonds is 8. The molecule has 1 aromatic carbocycles. The fourth-order valence-electron chi connectivity index (χ4n) is 3.22. The monoisotopic (exact) mass is 365 g/mol. The van der Waals surface area contributed by atoms with Gasteiger partial charge in [-0.25, -0.2) is 13.1 Å². The van der Waals surface area contributed by atoms with E-state index in [2.05, 4.69) is 21.5 Å². The van der Waals surface area contributed by atoms with Gasteiger partial charge in [-0.15, -0.1) is 6.58 Å². The van der Waals surface area contributed by atoms with Crippen LogP contribution in [-0.2, 0) is 10.0 Å². The fourth-order valence-corrected chi connectivity index (χ4v) is 4.26. The highest BCUT2D eigenvalue weighted by Crippen LogP contribution is 2.33. The maximum atomic E-state index is 12.5. The zero-order valence-electron chi connectivity index (χ0n) is 14.9. The Kier molecular flexibility index (Phi) is 6.37. The Morgan fingerprint density at radius 3 is 2.60 bits per heavy atom. The number of carbonyl (C=O) groups excluding carboxylic acids is 1. The number of hydrogen-bond acceptors (Lipinski definition) is 4. The number of nitrogens with one attached hydrogen (secondary N) is 2. The van der Waals surface area contributed by atoms with Crippen molar-refractivity contribution < 1.29 is 13.2 Å². The van der Waals surface area contributed by atoms with Crippen molar-refractivity contribution in [1.82, 2.24) is 14.9 Å². The third-order valence-corrected chi connectivity index (χ3v) is 6.31. The average molecular weight is 365 g/mol. The molecule has 0 atom stereocenters. The van der Waals surface area contributed by atoms with Crippen molar-refractivity contribution in [3.63, 3.8) is 0 Å². The van der Waals surface area contributed by atoms with Gasteiger partial charge in [0.15, 0.2) is 0 Å². The van der Waals surface area contributed by atoms with Crippen LogP contribution in [0.25, 0.3) is 0 Å². The van der Waals surface area contributed by atoms with Crippen LogP contribution in [0, 0.1) is 0 Å². The predicted octanol–water partition coefficient (Wildman–Crippen LogP) is 1.76. The second-order valence-electron chi connectivity index (χ2n) is 6.68. The van der Waals surface area contributed by atoms with Crippen molar-refractivity contribution in [3.8, 4) is 0 Å². The van der Waals surface area contributed by atoms with E-state index < -0.39 is 10.0 Å². The summed E-state index contributed by atoms with van der Waals surface area (Å²) in [6.07, 6.45) is 5.91. The van der Waals surface area contributed by atoms with E-state index >= 15 is 0 Å². The van der Waals surface area contributed by atoms with E-state index in [4.69, 9.17) is 0 Å². The maximum absolute atomic E-state index is 12.5. The highest BCUT2D eigenvalue weighted by molar-refractivity contribution is 7.89. The summed E-state index contributed by atoms with van der Waals surface area (Å²) in [4.78, 5) is 14.8. The van der Waals surface area contributed by atoms with Crippen molar-refractivity contribution in [3.05, 3.63) is 42.5 Å². The highest BCUT2D eigenvalue weighted by atomic mass is 32.2. The molecule has 0 unspecified atom stereocenters. The molecule has 25 heavy (non-hydrogen) atoms. The first-order chi connectivity index (χ1) is 11.8. The van der Waals surface area contributed by atoms with Crippen LogP contribution in [0.4, 0.5) is 0 Å². The first-order valence-corrected chi connectivity index (χ1v) is 9.95. The molecule has 1 aromatic rings. The van der Waals surface area contributed by atoms with E-state index in [1.807, 2.05) is 14.1 Å². The smallest absolute Gasteiger partial charge is 0.251 e. The van der Waals surface area contributed by atoms with Gasteiger partial charge in [-0.05, 0) is 45.1 Å². The van der Waals surface area contributed by atoms with Crippen molar-refractivity contribution >= 4 is 15.9 Å². The van der Waals surface area contributed by atoms with Gasteiger partial charge in [0.2, 0.25) is 10.0 Å². The van der Waals surface area contributed by atoms with Gasteiger partial charge >= 0.3 is 0 Å². The van der Waals surface area contributed by atoms with Crippen molar-refractivity contribution in [2.45, 2.75) is 36.1 Å². The molecule has 1 aliphatic rings. The summed E-state index contributed by atoms with van der Waals surface area (Å²) in [5.74, 6) is -0.256. The topological polar surface area (TPSA) is 78.5 Å². The SMILES string of the molecule is C=CCNS(=O)(=O)c1cccc(C(=O)NCC2(N(C)C)CCCC2)c1. The molecule has 2 rings (SSSR count).